The van der Waals surface area contributed by atoms with Gasteiger partial charge in [-0.1, -0.05) is 0 Å². The second kappa shape index (κ2) is 11.7. The van der Waals surface area contributed by atoms with Crippen molar-refractivity contribution in [3.63, 3.8) is 0 Å². The minimum atomic E-state index is -1.28. The number of ether oxygens (including phenoxy) is 2. The maximum absolute atomic E-state index is 13.8. The Kier molecular flexibility index (Phi) is 8.43. The van der Waals surface area contributed by atoms with Crippen LogP contribution in [-0.2, 0) is 28.7 Å². The molecule has 0 aromatic carbocycles. The normalized spacial score (nSPS) is 37.3. The van der Waals surface area contributed by atoms with E-state index in [2.05, 4.69) is 15.5 Å². The zero-order chi connectivity index (χ0) is 27.8. The molecule has 4 amide bonds. The molecule has 5 aliphatic heterocycles. The molecular weight excluding hydrogens is 510 g/mol. The number of carbonyl (C=O) groups is 4. The van der Waals surface area contributed by atoms with Crippen LogP contribution >= 0.6 is 0 Å². The number of piperazine rings is 1. The maximum Gasteiger partial charge on any atom is 0.244 e. The number of nitrogens with one attached hydrogen (secondary N) is 2. The fraction of sp³-hybridized carbons (Fsp3) is 0.846. The summed E-state index contributed by atoms with van der Waals surface area (Å²) in [5, 5.41) is 26.8. The molecule has 5 saturated heterocycles. The van der Waals surface area contributed by atoms with Crippen LogP contribution in [0, 0.1) is 5.92 Å². The first-order valence-corrected chi connectivity index (χ1v) is 14.2. The molecule has 0 aromatic heterocycles. The Labute approximate surface area is 228 Å². The Morgan fingerprint density at radius 1 is 1.00 bits per heavy atom. The Balaban J connectivity index is 1.41. The van der Waals surface area contributed by atoms with E-state index in [1.165, 1.54) is 0 Å². The summed E-state index contributed by atoms with van der Waals surface area (Å²) in [5.74, 6) is -1.24. The van der Waals surface area contributed by atoms with Gasteiger partial charge in [-0.05, 0) is 33.1 Å². The molecule has 0 spiro atoms. The van der Waals surface area contributed by atoms with Crippen molar-refractivity contribution in [3.05, 3.63) is 0 Å². The average Bonchev–Trinajstić information content (AvgIpc) is 3.47. The van der Waals surface area contributed by atoms with E-state index >= 15 is 0 Å². The van der Waals surface area contributed by atoms with Crippen LogP contribution in [-0.4, -0.2) is 143 Å². The van der Waals surface area contributed by atoms with Crippen molar-refractivity contribution in [2.75, 3.05) is 45.9 Å². The fourth-order valence-electron chi connectivity index (χ4n) is 6.59. The quantitative estimate of drug-likeness (QED) is 0.289. The summed E-state index contributed by atoms with van der Waals surface area (Å²) in [6.45, 7) is 5.98. The second-order valence-corrected chi connectivity index (χ2v) is 11.7. The van der Waals surface area contributed by atoms with Gasteiger partial charge < -0.3 is 40.1 Å². The van der Waals surface area contributed by atoms with Crippen LogP contribution in [0.4, 0.5) is 0 Å². The molecule has 5 fully saturated rings. The van der Waals surface area contributed by atoms with Gasteiger partial charge in [0.1, 0.15) is 24.4 Å². The highest BCUT2D eigenvalue weighted by Gasteiger charge is 2.47. The van der Waals surface area contributed by atoms with Gasteiger partial charge in [0.15, 0.2) is 0 Å². The van der Waals surface area contributed by atoms with E-state index in [4.69, 9.17) is 9.47 Å². The van der Waals surface area contributed by atoms with Crippen LogP contribution in [0.2, 0.25) is 0 Å². The first-order chi connectivity index (χ1) is 18.6. The fourth-order valence-corrected chi connectivity index (χ4v) is 6.59. The van der Waals surface area contributed by atoms with E-state index < -0.39 is 42.4 Å². The highest BCUT2D eigenvalue weighted by atomic mass is 16.5. The summed E-state index contributed by atoms with van der Waals surface area (Å²) < 4.78 is 11.2. The molecule has 218 valence electrons. The van der Waals surface area contributed by atoms with Gasteiger partial charge >= 0.3 is 0 Å². The Hall–Kier alpha value is -2.32. The third-order valence-corrected chi connectivity index (χ3v) is 8.83. The Morgan fingerprint density at radius 2 is 1.72 bits per heavy atom. The second-order valence-electron chi connectivity index (χ2n) is 11.7. The van der Waals surface area contributed by atoms with Gasteiger partial charge in [0.25, 0.3) is 0 Å². The van der Waals surface area contributed by atoms with Crippen LogP contribution in [0.15, 0.2) is 0 Å². The first-order valence-electron chi connectivity index (χ1n) is 14.2. The van der Waals surface area contributed by atoms with Crippen molar-refractivity contribution in [2.45, 2.75) is 88.1 Å². The van der Waals surface area contributed by atoms with Crippen molar-refractivity contribution >= 4 is 23.6 Å². The molecule has 0 saturated carbocycles. The Bertz CT molecular complexity index is 959. The molecular formula is C26H41N5O8. The standard InChI is InChI=1S/C26H41N5O8/c1-14(2)31-12-16-9-17(31)26(37)29-5-6-30(25(36)15-3-7-38-8-4-15)18(13-29)24(35)27-11-20-23(34)22(33)19(39-20)10-21(32)28-16/h14-20,22-23,33-34H,3-13H2,1-2H3,(H,27,35)(H,28,32)/t16-,17-,18-,19-,20+,22-,23+/m0/s1. The lowest BCUT2D eigenvalue weighted by molar-refractivity contribution is -0.154. The predicted octanol–water partition coefficient (Wildman–Crippen LogP) is -2.57. The van der Waals surface area contributed by atoms with E-state index in [1.807, 2.05) is 13.8 Å². The number of fused-ring (bicyclic) bond motifs is 6. The number of aliphatic hydroxyl groups excluding tert-OH is 2. The molecule has 5 aliphatic rings. The zero-order valence-electron chi connectivity index (χ0n) is 22.7. The SMILES string of the molecule is CC(C)N1C[C@@H]2C[C@H]1C(=O)N1CCN(C(=O)C3CCOCC3)[C@@H](C1)C(=O)NC[C@H]1O[C@@H](CC(=O)N2)[C@H](O)[C@@H]1O. The van der Waals surface area contributed by atoms with E-state index in [9.17, 15) is 29.4 Å². The lowest BCUT2D eigenvalue weighted by Crippen LogP contribution is -2.64. The lowest BCUT2D eigenvalue weighted by atomic mass is 9.96. The van der Waals surface area contributed by atoms with E-state index in [0.29, 0.717) is 45.6 Å². The molecule has 13 heteroatoms. The monoisotopic (exact) mass is 551 g/mol. The first kappa shape index (κ1) is 28.2. The van der Waals surface area contributed by atoms with Crippen LogP contribution in [0.5, 0.6) is 0 Å². The maximum atomic E-state index is 13.8. The van der Waals surface area contributed by atoms with Crippen molar-refractivity contribution < 1.29 is 38.9 Å². The van der Waals surface area contributed by atoms with E-state index in [0.717, 1.165) is 0 Å². The van der Waals surface area contributed by atoms with Crippen LogP contribution in [0.1, 0.15) is 39.5 Å². The summed E-state index contributed by atoms with van der Waals surface area (Å²) in [5.41, 5.74) is 0. The molecule has 0 radical (unpaired) electrons. The molecule has 0 aliphatic carbocycles. The van der Waals surface area contributed by atoms with Gasteiger partial charge in [-0.15, -0.1) is 0 Å². The summed E-state index contributed by atoms with van der Waals surface area (Å²) in [4.78, 5) is 59.0. The molecule has 7 atom stereocenters. The van der Waals surface area contributed by atoms with Crippen molar-refractivity contribution in [1.82, 2.24) is 25.3 Å². The van der Waals surface area contributed by atoms with Crippen LogP contribution in [0.3, 0.4) is 0 Å². The van der Waals surface area contributed by atoms with Gasteiger partial charge in [-0.25, -0.2) is 0 Å². The van der Waals surface area contributed by atoms with Gasteiger partial charge in [0.05, 0.1) is 25.1 Å². The van der Waals surface area contributed by atoms with Gasteiger partial charge in [-0.3, -0.25) is 24.1 Å². The molecule has 39 heavy (non-hydrogen) atoms. The van der Waals surface area contributed by atoms with Gasteiger partial charge in [0, 0.05) is 57.4 Å². The van der Waals surface area contributed by atoms with Gasteiger partial charge in [-0.2, -0.15) is 0 Å². The largest absolute Gasteiger partial charge is 0.388 e. The average molecular weight is 552 g/mol. The number of rotatable bonds is 2. The molecule has 0 aromatic rings. The van der Waals surface area contributed by atoms with Crippen molar-refractivity contribution in [3.8, 4) is 0 Å². The number of likely N-dealkylation sites (tertiary alicyclic amines) is 1. The van der Waals surface area contributed by atoms with E-state index in [-0.39, 0.29) is 61.8 Å². The van der Waals surface area contributed by atoms with E-state index in [1.54, 1.807) is 9.80 Å². The topological polar surface area (TPSA) is 161 Å². The zero-order valence-corrected chi connectivity index (χ0v) is 22.7. The highest BCUT2D eigenvalue weighted by Crippen LogP contribution is 2.28. The van der Waals surface area contributed by atoms with Crippen molar-refractivity contribution in [1.29, 1.82) is 0 Å². The number of amides is 4. The lowest BCUT2D eigenvalue weighted by Gasteiger charge is -2.43. The van der Waals surface area contributed by atoms with Crippen LogP contribution in [0.25, 0.3) is 0 Å². The number of carbonyl (C=O) groups excluding carboxylic acids is 4. The number of hydrogen-bond donors (Lipinski definition) is 4. The third-order valence-electron chi connectivity index (χ3n) is 8.83. The molecule has 13 nitrogen and oxygen atoms in total. The summed E-state index contributed by atoms with van der Waals surface area (Å²) in [6.07, 6.45) is -2.96. The number of nitrogens with zero attached hydrogens (tertiary/aromatic N) is 3. The third kappa shape index (κ3) is 5.78. The predicted molar refractivity (Wildman–Crippen MR) is 136 cm³/mol. The highest BCUT2D eigenvalue weighted by molar-refractivity contribution is 5.91. The Morgan fingerprint density at radius 3 is 2.44 bits per heavy atom. The molecule has 5 rings (SSSR count). The smallest absolute Gasteiger partial charge is 0.244 e. The molecule has 5 heterocycles. The number of aliphatic hydroxyl groups is 2. The van der Waals surface area contributed by atoms with Crippen LogP contribution < -0.4 is 10.6 Å². The number of hydrogen-bond acceptors (Lipinski definition) is 9. The minimum Gasteiger partial charge on any atom is -0.388 e. The minimum absolute atomic E-state index is 0.0503. The summed E-state index contributed by atoms with van der Waals surface area (Å²) in [6, 6.07) is -1.58. The molecule has 4 N–H and O–H groups in total. The molecule has 0 unspecified atom stereocenters. The molecule has 6 bridgehead atoms. The van der Waals surface area contributed by atoms with Gasteiger partial charge in [0.2, 0.25) is 23.6 Å². The van der Waals surface area contributed by atoms with Crippen molar-refractivity contribution in [2.24, 2.45) is 5.92 Å². The summed E-state index contributed by atoms with van der Waals surface area (Å²) in [7, 11) is 0. The summed E-state index contributed by atoms with van der Waals surface area (Å²) >= 11 is 0.